The lowest BCUT2D eigenvalue weighted by molar-refractivity contribution is -0.137. The minimum Gasteiger partial charge on any atom is -0.494 e. The second-order valence-electron chi connectivity index (χ2n) is 5.84. The molecule has 5 nitrogen and oxygen atoms in total. The first-order chi connectivity index (χ1) is 12.0. The molecule has 25 heavy (non-hydrogen) atoms. The third-order valence-electron chi connectivity index (χ3n) is 3.82. The molecule has 2 N–H and O–H groups in total. The molecule has 0 atom stereocenters. The molecule has 2 rings (SSSR count). The summed E-state index contributed by atoms with van der Waals surface area (Å²) >= 11 is 0. The van der Waals surface area contributed by atoms with Gasteiger partial charge in [-0.05, 0) is 55.2 Å². The van der Waals surface area contributed by atoms with Crippen LogP contribution in [-0.2, 0) is 16.0 Å². The molecule has 2 aromatic rings. The largest absolute Gasteiger partial charge is 0.494 e. The lowest BCUT2D eigenvalue weighted by Gasteiger charge is -2.09. The molecular weight excluding hydrogens is 318 g/mol. The lowest BCUT2D eigenvalue weighted by atomic mass is 10.0. The van der Waals surface area contributed by atoms with E-state index in [9.17, 15) is 9.59 Å². The number of carbonyl (C=O) groups excluding carboxylic acids is 1. The van der Waals surface area contributed by atoms with E-state index >= 15 is 0 Å². The van der Waals surface area contributed by atoms with Gasteiger partial charge in [-0.2, -0.15) is 0 Å². The number of hydrogen-bond donors (Lipinski definition) is 2. The minimum absolute atomic E-state index is 0.0293. The van der Waals surface area contributed by atoms with Gasteiger partial charge in [-0.25, -0.2) is 0 Å². The van der Waals surface area contributed by atoms with Gasteiger partial charge < -0.3 is 15.2 Å². The Balaban J connectivity index is 1.75. The number of carboxylic acids is 1. The topological polar surface area (TPSA) is 75.6 Å². The van der Waals surface area contributed by atoms with E-state index < -0.39 is 5.97 Å². The predicted molar refractivity (Wildman–Crippen MR) is 96.9 cm³/mol. The van der Waals surface area contributed by atoms with Crippen molar-refractivity contribution in [2.75, 3.05) is 11.9 Å². The fourth-order valence-corrected chi connectivity index (χ4v) is 2.41. The molecule has 0 aliphatic heterocycles. The van der Waals surface area contributed by atoms with Gasteiger partial charge in [0.05, 0.1) is 6.61 Å². The molecule has 1 amide bonds. The van der Waals surface area contributed by atoms with Gasteiger partial charge in [0.1, 0.15) is 5.75 Å². The fourth-order valence-electron chi connectivity index (χ4n) is 2.41. The first-order valence-electron chi connectivity index (χ1n) is 8.33. The molecule has 5 heteroatoms. The Bertz CT molecular complexity index is 710. The maximum Gasteiger partial charge on any atom is 0.303 e. The monoisotopic (exact) mass is 341 g/mol. The highest BCUT2D eigenvalue weighted by Crippen LogP contribution is 2.17. The fraction of sp³-hybridized carbons (Fsp3) is 0.300. The van der Waals surface area contributed by atoms with Gasteiger partial charge in [-0.15, -0.1) is 0 Å². The number of aryl methyl sites for hydroxylation is 2. The van der Waals surface area contributed by atoms with E-state index in [1.54, 1.807) is 24.3 Å². The first-order valence-corrected chi connectivity index (χ1v) is 8.33. The third kappa shape index (κ3) is 6.67. The number of carboxylic acid groups (broad SMARTS) is 1. The maximum atomic E-state index is 12.1. The van der Waals surface area contributed by atoms with Crippen LogP contribution >= 0.6 is 0 Å². The highest BCUT2D eigenvalue weighted by molar-refractivity contribution is 5.90. The summed E-state index contributed by atoms with van der Waals surface area (Å²) in [6.07, 6.45) is 1.70. The summed E-state index contributed by atoms with van der Waals surface area (Å²) in [5.41, 5.74) is 3.09. The van der Waals surface area contributed by atoms with Crippen LogP contribution in [0, 0.1) is 6.92 Å². The van der Waals surface area contributed by atoms with E-state index in [0.717, 1.165) is 0 Å². The molecule has 0 radical (unpaired) electrons. The van der Waals surface area contributed by atoms with Crippen molar-refractivity contribution in [3.8, 4) is 5.75 Å². The van der Waals surface area contributed by atoms with Crippen molar-refractivity contribution in [1.82, 2.24) is 0 Å². The van der Waals surface area contributed by atoms with Crippen LogP contribution in [0.25, 0.3) is 0 Å². The number of aliphatic carboxylic acids is 1. The quantitative estimate of drug-likeness (QED) is 0.680. The molecule has 132 valence electrons. The minimum atomic E-state index is -0.827. The van der Waals surface area contributed by atoms with E-state index in [1.165, 1.54) is 11.1 Å². The SMILES string of the molecule is Cc1ccccc1CCC(=O)Nc1ccc(OCCCC(=O)O)cc1. The summed E-state index contributed by atoms with van der Waals surface area (Å²) in [5, 5.41) is 11.4. The van der Waals surface area contributed by atoms with Crippen LogP contribution in [0.15, 0.2) is 48.5 Å². The van der Waals surface area contributed by atoms with Gasteiger partial charge in [-0.1, -0.05) is 24.3 Å². The van der Waals surface area contributed by atoms with Gasteiger partial charge >= 0.3 is 5.97 Å². The number of benzene rings is 2. The Morgan fingerprint density at radius 2 is 1.76 bits per heavy atom. The number of nitrogens with one attached hydrogen (secondary N) is 1. The van der Waals surface area contributed by atoms with Crippen molar-refractivity contribution in [2.24, 2.45) is 0 Å². The van der Waals surface area contributed by atoms with Gasteiger partial charge in [0.2, 0.25) is 5.91 Å². The van der Waals surface area contributed by atoms with Crippen LogP contribution in [-0.4, -0.2) is 23.6 Å². The summed E-state index contributed by atoms with van der Waals surface area (Å²) in [4.78, 5) is 22.5. The smallest absolute Gasteiger partial charge is 0.303 e. The van der Waals surface area contributed by atoms with Crippen LogP contribution in [0.3, 0.4) is 0 Å². The zero-order valence-electron chi connectivity index (χ0n) is 14.3. The van der Waals surface area contributed by atoms with Crippen molar-refractivity contribution in [3.05, 3.63) is 59.7 Å². The summed E-state index contributed by atoms with van der Waals surface area (Å²) < 4.78 is 5.46. The number of amides is 1. The molecule has 0 fully saturated rings. The van der Waals surface area contributed by atoms with E-state index in [1.807, 2.05) is 31.2 Å². The Morgan fingerprint density at radius 3 is 2.44 bits per heavy atom. The summed E-state index contributed by atoms with van der Waals surface area (Å²) in [6.45, 7) is 2.40. The predicted octanol–water partition coefficient (Wildman–Crippen LogP) is 3.81. The molecule has 0 aliphatic rings. The molecule has 0 bridgehead atoms. The van der Waals surface area contributed by atoms with E-state index in [-0.39, 0.29) is 12.3 Å². The molecule has 0 saturated carbocycles. The molecule has 0 aliphatic carbocycles. The number of anilines is 1. The molecule has 0 heterocycles. The van der Waals surface area contributed by atoms with Crippen molar-refractivity contribution in [2.45, 2.75) is 32.6 Å². The van der Waals surface area contributed by atoms with E-state index in [4.69, 9.17) is 9.84 Å². The third-order valence-corrected chi connectivity index (χ3v) is 3.82. The van der Waals surface area contributed by atoms with E-state index in [2.05, 4.69) is 5.32 Å². The summed E-state index contributed by atoms with van der Waals surface area (Å²) in [6, 6.07) is 15.1. The summed E-state index contributed by atoms with van der Waals surface area (Å²) in [7, 11) is 0. The van der Waals surface area contributed by atoms with Gasteiger partial charge in [0, 0.05) is 18.5 Å². The standard InChI is InChI=1S/C20H23NO4/c1-15-5-2-3-6-16(15)8-13-19(22)21-17-9-11-18(12-10-17)25-14-4-7-20(23)24/h2-3,5-6,9-12H,4,7-8,13-14H2,1H3,(H,21,22)(H,23,24). The first kappa shape index (κ1) is 18.5. The number of hydrogen-bond acceptors (Lipinski definition) is 3. The zero-order valence-corrected chi connectivity index (χ0v) is 14.3. The highest BCUT2D eigenvalue weighted by Gasteiger charge is 2.05. The molecule has 0 saturated heterocycles. The summed E-state index contributed by atoms with van der Waals surface area (Å²) in [5.74, 6) is -0.200. The highest BCUT2D eigenvalue weighted by atomic mass is 16.5. The van der Waals surface area contributed by atoms with Crippen molar-refractivity contribution in [1.29, 1.82) is 0 Å². The second kappa shape index (κ2) is 9.47. The van der Waals surface area contributed by atoms with Crippen molar-refractivity contribution in [3.63, 3.8) is 0 Å². The number of carbonyl (C=O) groups is 2. The Kier molecular flexibility index (Phi) is 7.01. The molecule has 2 aromatic carbocycles. The molecular formula is C20H23NO4. The zero-order chi connectivity index (χ0) is 18.1. The average Bonchev–Trinajstić information content (AvgIpc) is 2.59. The normalized spacial score (nSPS) is 10.3. The molecule has 0 aromatic heterocycles. The van der Waals surface area contributed by atoms with Crippen LogP contribution in [0.5, 0.6) is 5.75 Å². The van der Waals surface area contributed by atoms with Crippen LogP contribution in [0.4, 0.5) is 5.69 Å². The Labute approximate surface area is 147 Å². The Morgan fingerprint density at radius 1 is 1.04 bits per heavy atom. The molecule has 0 spiro atoms. The van der Waals surface area contributed by atoms with Crippen molar-refractivity contribution < 1.29 is 19.4 Å². The van der Waals surface area contributed by atoms with Crippen molar-refractivity contribution >= 4 is 17.6 Å². The second-order valence-corrected chi connectivity index (χ2v) is 5.84. The van der Waals surface area contributed by atoms with Gasteiger partial charge in [-0.3, -0.25) is 9.59 Å². The number of rotatable bonds is 9. The van der Waals surface area contributed by atoms with Crippen LogP contribution in [0.2, 0.25) is 0 Å². The van der Waals surface area contributed by atoms with Gasteiger partial charge in [0.15, 0.2) is 0 Å². The van der Waals surface area contributed by atoms with E-state index in [0.29, 0.717) is 37.3 Å². The van der Waals surface area contributed by atoms with Crippen LogP contribution < -0.4 is 10.1 Å². The maximum absolute atomic E-state index is 12.1. The molecule has 0 unspecified atom stereocenters. The lowest BCUT2D eigenvalue weighted by Crippen LogP contribution is -2.12. The van der Waals surface area contributed by atoms with Crippen LogP contribution in [0.1, 0.15) is 30.4 Å². The Hall–Kier alpha value is -2.82. The number of ether oxygens (including phenoxy) is 1. The van der Waals surface area contributed by atoms with Gasteiger partial charge in [0.25, 0.3) is 0 Å². The average molecular weight is 341 g/mol.